The van der Waals surface area contributed by atoms with Crippen molar-refractivity contribution in [2.45, 2.75) is 19.5 Å². The molecule has 1 unspecified atom stereocenters. The average molecular weight is 293 g/mol. The highest BCUT2D eigenvalue weighted by molar-refractivity contribution is 5.95. The number of nitrogens with zero attached hydrogens (tertiary/aromatic N) is 3. The van der Waals surface area contributed by atoms with Crippen LogP contribution in [0.3, 0.4) is 0 Å². The number of pyridine rings is 1. The molecule has 21 heavy (non-hydrogen) atoms. The lowest BCUT2D eigenvalue weighted by molar-refractivity contribution is 0.0343. The molecule has 0 saturated carbocycles. The second-order valence-corrected chi connectivity index (χ2v) is 5.23. The van der Waals surface area contributed by atoms with Gasteiger partial charge in [-0.2, -0.15) is 0 Å². The monoisotopic (exact) mass is 293 g/mol. The van der Waals surface area contributed by atoms with Gasteiger partial charge in [-0.05, 0) is 24.6 Å². The van der Waals surface area contributed by atoms with Crippen molar-refractivity contribution in [3.8, 4) is 0 Å². The fourth-order valence-corrected chi connectivity index (χ4v) is 2.30. The second kappa shape index (κ2) is 7.92. The maximum Gasteiger partial charge on any atom is 0.188 e. The molecule has 0 aromatic carbocycles. The van der Waals surface area contributed by atoms with Crippen LogP contribution in [-0.2, 0) is 11.3 Å². The molecule has 1 atom stereocenters. The van der Waals surface area contributed by atoms with Gasteiger partial charge in [-0.15, -0.1) is 0 Å². The van der Waals surface area contributed by atoms with E-state index in [4.69, 9.17) is 15.7 Å². The normalized spacial score (nSPS) is 18.6. The van der Waals surface area contributed by atoms with Crippen LogP contribution in [0.5, 0.6) is 0 Å². The molecule has 2 heterocycles. The second-order valence-electron chi connectivity index (χ2n) is 5.23. The summed E-state index contributed by atoms with van der Waals surface area (Å²) in [6.45, 7) is 7.52. The number of morpholine rings is 1. The number of nitrogens with one attached hydrogen (secondary N) is 1. The Bertz CT molecular complexity index is 474. The number of rotatable bonds is 6. The molecule has 0 spiro atoms. The highest BCUT2D eigenvalue weighted by Gasteiger charge is 2.13. The van der Waals surface area contributed by atoms with Crippen LogP contribution in [0, 0.1) is 0 Å². The lowest BCUT2D eigenvalue weighted by Gasteiger charge is -2.29. The molecule has 1 saturated heterocycles. The van der Waals surface area contributed by atoms with Gasteiger partial charge in [0, 0.05) is 38.4 Å². The van der Waals surface area contributed by atoms with Gasteiger partial charge in [-0.3, -0.25) is 9.88 Å². The minimum absolute atomic E-state index is 0.0261. The molecule has 1 aromatic rings. The number of ether oxygens (including phenoxy) is 1. The molecule has 0 bridgehead atoms. The lowest BCUT2D eigenvalue weighted by atomic mass is 10.2. The third-order valence-electron chi connectivity index (χ3n) is 3.48. The van der Waals surface area contributed by atoms with E-state index >= 15 is 0 Å². The number of hydrogen-bond acceptors (Lipinski definition) is 6. The predicted molar refractivity (Wildman–Crippen MR) is 80.3 cm³/mol. The van der Waals surface area contributed by atoms with Crippen LogP contribution in [0.15, 0.2) is 23.5 Å². The molecule has 0 aliphatic carbocycles. The molecule has 7 heteroatoms. The van der Waals surface area contributed by atoms with Gasteiger partial charge < -0.3 is 21.0 Å². The molecule has 0 amide bonds. The summed E-state index contributed by atoms with van der Waals surface area (Å²) in [6, 6.07) is 4.12. The van der Waals surface area contributed by atoms with E-state index in [1.807, 2.05) is 12.1 Å². The van der Waals surface area contributed by atoms with Crippen LogP contribution < -0.4 is 11.1 Å². The summed E-state index contributed by atoms with van der Waals surface area (Å²) >= 11 is 0. The minimum atomic E-state index is 0.0261. The first kappa shape index (κ1) is 15.7. The van der Waals surface area contributed by atoms with Crippen LogP contribution in [0.1, 0.15) is 18.2 Å². The van der Waals surface area contributed by atoms with Crippen LogP contribution >= 0.6 is 0 Å². The molecule has 1 aromatic heterocycles. The highest BCUT2D eigenvalue weighted by atomic mass is 16.5. The maximum atomic E-state index is 8.67. The predicted octanol–water partition coefficient (Wildman–Crippen LogP) is -0.0136. The number of amidine groups is 1. The van der Waals surface area contributed by atoms with Crippen LogP contribution in [0.2, 0.25) is 0 Å². The van der Waals surface area contributed by atoms with E-state index in [1.165, 1.54) is 0 Å². The third kappa shape index (κ3) is 4.96. The van der Waals surface area contributed by atoms with Gasteiger partial charge in [-0.1, -0.05) is 5.16 Å². The molecule has 1 aliphatic rings. The van der Waals surface area contributed by atoms with Crippen molar-refractivity contribution in [2.75, 3.05) is 32.8 Å². The molecule has 0 radical (unpaired) electrons. The smallest absolute Gasteiger partial charge is 0.188 e. The molecular formula is C14H23N5O2. The summed E-state index contributed by atoms with van der Waals surface area (Å²) in [5, 5.41) is 15.1. The van der Waals surface area contributed by atoms with Crippen LogP contribution in [0.25, 0.3) is 0 Å². The minimum Gasteiger partial charge on any atom is -0.409 e. The molecular weight excluding hydrogens is 270 g/mol. The standard InChI is InChI=1S/C14H23N5O2/c1-11(10-19-4-6-21-7-5-19)17-9-12-2-3-16-13(8-12)14(15)18-20/h2-3,8,11,17,20H,4-7,9-10H2,1H3,(H2,15,18). The largest absolute Gasteiger partial charge is 0.409 e. The van der Waals surface area contributed by atoms with Gasteiger partial charge in [0.05, 0.1) is 13.2 Å². The van der Waals surface area contributed by atoms with Crippen molar-refractivity contribution in [1.29, 1.82) is 0 Å². The summed E-state index contributed by atoms with van der Waals surface area (Å²) in [5.74, 6) is 0.0261. The fraction of sp³-hybridized carbons (Fsp3) is 0.571. The molecule has 1 aliphatic heterocycles. The topological polar surface area (TPSA) is 96.0 Å². The van der Waals surface area contributed by atoms with Crippen molar-refractivity contribution < 1.29 is 9.94 Å². The molecule has 116 valence electrons. The zero-order valence-corrected chi connectivity index (χ0v) is 12.3. The van der Waals surface area contributed by atoms with Crippen molar-refractivity contribution in [3.05, 3.63) is 29.6 Å². The van der Waals surface area contributed by atoms with Crippen LogP contribution in [-0.4, -0.2) is 59.8 Å². The zero-order chi connectivity index (χ0) is 15.1. The first-order valence-corrected chi connectivity index (χ1v) is 7.15. The maximum absolute atomic E-state index is 8.67. The van der Waals surface area contributed by atoms with Crippen molar-refractivity contribution in [2.24, 2.45) is 10.9 Å². The first-order chi connectivity index (χ1) is 10.2. The molecule has 7 nitrogen and oxygen atoms in total. The van der Waals surface area contributed by atoms with Crippen molar-refractivity contribution in [3.63, 3.8) is 0 Å². The molecule has 4 N–H and O–H groups in total. The van der Waals surface area contributed by atoms with Crippen LogP contribution in [0.4, 0.5) is 0 Å². The number of aromatic nitrogens is 1. The Kier molecular flexibility index (Phi) is 5.91. The third-order valence-corrected chi connectivity index (χ3v) is 3.48. The molecule has 1 fully saturated rings. The van der Waals surface area contributed by atoms with Gasteiger partial charge in [0.15, 0.2) is 5.84 Å². The van der Waals surface area contributed by atoms with Crippen molar-refractivity contribution >= 4 is 5.84 Å². The summed E-state index contributed by atoms with van der Waals surface area (Å²) in [7, 11) is 0. The van der Waals surface area contributed by atoms with E-state index in [0.29, 0.717) is 11.7 Å². The van der Waals surface area contributed by atoms with E-state index in [9.17, 15) is 0 Å². The summed E-state index contributed by atoms with van der Waals surface area (Å²) in [5.41, 5.74) is 7.08. The van der Waals surface area contributed by atoms with Gasteiger partial charge in [-0.25, -0.2) is 0 Å². The fourth-order valence-electron chi connectivity index (χ4n) is 2.30. The first-order valence-electron chi connectivity index (χ1n) is 7.15. The summed E-state index contributed by atoms with van der Waals surface area (Å²) < 4.78 is 5.34. The Hall–Kier alpha value is -1.70. The summed E-state index contributed by atoms with van der Waals surface area (Å²) in [4.78, 5) is 6.46. The van der Waals surface area contributed by atoms with E-state index in [-0.39, 0.29) is 5.84 Å². The van der Waals surface area contributed by atoms with Gasteiger partial charge in [0.2, 0.25) is 0 Å². The Morgan fingerprint density at radius 2 is 2.33 bits per heavy atom. The Morgan fingerprint density at radius 1 is 1.57 bits per heavy atom. The van der Waals surface area contributed by atoms with E-state index in [0.717, 1.165) is 45.0 Å². The van der Waals surface area contributed by atoms with Gasteiger partial charge in [0.1, 0.15) is 5.69 Å². The van der Waals surface area contributed by atoms with E-state index in [2.05, 4.69) is 27.3 Å². The number of hydrogen-bond donors (Lipinski definition) is 3. The number of oxime groups is 1. The average Bonchev–Trinajstić information content (AvgIpc) is 2.53. The lowest BCUT2D eigenvalue weighted by Crippen LogP contribution is -2.44. The molecule has 2 rings (SSSR count). The summed E-state index contributed by atoms with van der Waals surface area (Å²) in [6.07, 6.45) is 1.66. The Labute approximate surface area is 124 Å². The number of nitrogens with two attached hydrogens (primary N) is 1. The quantitative estimate of drug-likeness (QED) is 0.295. The SMILES string of the molecule is CC(CN1CCOCC1)NCc1ccnc(C(N)=NO)c1. The van der Waals surface area contributed by atoms with E-state index in [1.54, 1.807) is 6.20 Å². The van der Waals surface area contributed by atoms with E-state index < -0.39 is 0 Å². The Balaban J connectivity index is 1.81. The zero-order valence-electron chi connectivity index (χ0n) is 12.3. The van der Waals surface area contributed by atoms with Gasteiger partial charge in [0.25, 0.3) is 0 Å². The van der Waals surface area contributed by atoms with Crippen molar-refractivity contribution in [1.82, 2.24) is 15.2 Å². The Morgan fingerprint density at radius 3 is 3.05 bits per heavy atom. The highest BCUT2D eigenvalue weighted by Crippen LogP contribution is 2.03. The van der Waals surface area contributed by atoms with Gasteiger partial charge >= 0.3 is 0 Å².